The van der Waals surface area contributed by atoms with Gasteiger partial charge >= 0.3 is 0 Å². The van der Waals surface area contributed by atoms with Crippen molar-refractivity contribution in [3.05, 3.63) is 54.4 Å². The molecule has 0 amide bonds. The van der Waals surface area contributed by atoms with E-state index in [4.69, 9.17) is 10.5 Å². The normalized spacial score (nSPS) is 10.4. The van der Waals surface area contributed by atoms with Crippen molar-refractivity contribution in [3.8, 4) is 11.1 Å². The predicted octanol–water partition coefficient (Wildman–Crippen LogP) is 2.22. The van der Waals surface area contributed by atoms with Crippen molar-refractivity contribution in [2.24, 2.45) is 5.73 Å². The number of nitrogens with zero attached hydrogens (tertiary/aromatic N) is 1. The van der Waals surface area contributed by atoms with Crippen LogP contribution in [0.5, 0.6) is 0 Å². The molecule has 3 nitrogen and oxygen atoms in total. The summed E-state index contributed by atoms with van der Waals surface area (Å²) in [6.45, 7) is 1.78. The second-order valence-electron chi connectivity index (χ2n) is 3.78. The van der Waals surface area contributed by atoms with Crippen molar-refractivity contribution in [1.82, 2.24) is 4.98 Å². The van der Waals surface area contributed by atoms with Gasteiger partial charge in [-0.15, -0.1) is 0 Å². The molecule has 3 heteroatoms. The Morgan fingerprint density at radius 1 is 1.06 bits per heavy atom. The molecule has 0 radical (unpaired) electrons. The van der Waals surface area contributed by atoms with Crippen molar-refractivity contribution in [3.63, 3.8) is 0 Å². The van der Waals surface area contributed by atoms with Crippen LogP contribution in [-0.4, -0.2) is 18.1 Å². The summed E-state index contributed by atoms with van der Waals surface area (Å²) in [5.74, 6) is 0. The summed E-state index contributed by atoms with van der Waals surface area (Å²) in [6, 6.07) is 12.3. The van der Waals surface area contributed by atoms with Crippen LogP contribution in [0.2, 0.25) is 0 Å². The van der Waals surface area contributed by atoms with E-state index >= 15 is 0 Å². The molecule has 1 aromatic heterocycles. The van der Waals surface area contributed by atoms with Gasteiger partial charge in [0.05, 0.1) is 13.2 Å². The summed E-state index contributed by atoms with van der Waals surface area (Å²) in [4.78, 5) is 4.11. The van der Waals surface area contributed by atoms with E-state index in [2.05, 4.69) is 29.2 Å². The minimum absolute atomic E-state index is 0.563. The maximum atomic E-state index is 5.38. The Balaban J connectivity index is 2.03. The highest BCUT2D eigenvalue weighted by atomic mass is 16.5. The zero-order chi connectivity index (χ0) is 11.9. The average Bonchev–Trinajstić information content (AvgIpc) is 2.41. The third-order valence-electron chi connectivity index (χ3n) is 2.48. The molecule has 0 aliphatic heterocycles. The van der Waals surface area contributed by atoms with Crippen LogP contribution in [-0.2, 0) is 11.3 Å². The highest BCUT2D eigenvalue weighted by Gasteiger charge is 1.97. The summed E-state index contributed by atoms with van der Waals surface area (Å²) < 4.78 is 5.38. The largest absolute Gasteiger partial charge is 0.375 e. The first kappa shape index (κ1) is 11.8. The Morgan fingerprint density at radius 2 is 1.88 bits per heavy atom. The number of hydrogen-bond donors (Lipinski definition) is 1. The maximum Gasteiger partial charge on any atom is 0.0717 e. The highest BCUT2D eigenvalue weighted by Crippen LogP contribution is 2.18. The third kappa shape index (κ3) is 3.37. The molecule has 0 aliphatic carbocycles. The van der Waals surface area contributed by atoms with Crippen LogP contribution in [0.25, 0.3) is 11.1 Å². The Labute approximate surface area is 101 Å². The zero-order valence-electron chi connectivity index (χ0n) is 9.67. The SMILES string of the molecule is NCCOCc1ccc(-c2cccnc2)cc1. The van der Waals surface area contributed by atoms with Crippen LogP contribution < -0.4 is 5.73 Å². The minimum Gasteiger partial charge on any atom is -0.375 e. The standard InChI is InChI=1S/C14H16N2O/c15-7-9-17-11-12-3-5-13(6-4-12)14-2-1-8-16-10-14/h1-6,8,10H,7,9,11,15H2. The van der Waals surface area contributed by atoms with E-state index in [1.165, 1.54) is 5.56 Å². The molecular formula is C14H16N2O. The molecule has 88 valence electrons. The van der Waals surface area contributed by atoms with Crippen LogP contribution in [0, 0.1) is 0 Å². The minimum atomic E-state index is 0.563. The number of ether oxygens (including phenoxy) is 1. The summed E-state index contributed by atoms with van der Waals surface area (Å²) >= 11 is 0. The molecule has 0 saturated carbocycles. The van der Waals surface area contributed by atoms with Crippen LogP contribution in [0.3, 0.4) is 0 Å². The van der Waals surface area contributed by atoms with Gasteiger partial charge in [0, 0.05) is 18.9 Å². The summed E-state index contributed by atoms with van der Waals surface area (Å²) in [5, 5.41) is 0. The fraction of sp³-hybridized carbons (Fsp3) is 0.214. The number of aromatic nitrogens is 1. The number of nitrogens with two attached hydrogens (primary N) is 1. The lowest BCUT2D eigenvalue weighted by atomic mass is 10.1. The van der Waals surface area contributed by atoms with Gasteiger partial charge in [0.25, 0.3) is 0 Å². The quantitative estimate of drug-likeness (QED) is 0.798. The van der Waals surface area contributed by atoms with E-state index < -0.39 is 0 Å². The van der Waals surface area contributed by atoms with Gasteiger partial charge < -0.3 is 10.5 Å². The molecule has 2 rings (SSSR count). The van der Waals surface area contributed by atoms with Gasteiger partial charge in [0.1, 0.15) is 0 Å². The number of hydrogen-bond acceptors (Lipinski definition) is 3. The van der Waals surface area contributed by atoms with Crippen LogP contribution >= 0.6 is 0 Å². The molecule has 2 N–H and O–H groups in total. The van der Waals surface area contributed by atoms with Crippen molar-refractivity contribution in [2.45, 2.75) is 6.61 Å². The Morgan fingerprint density at radius 3 is 2.53 bits per heavy atom. The van der Waals surface area contributed by atoms with E-state index in [1.54, 1.807) is 6.20 Å². The van der Waals surface area contributed by atoms with Crippen molar-refractivity contribution in [2.75, 3.05) is 13.2 Å². The first-order chi connectivity index (χ1) is 8.40. The summed E-state index contributed by atoms with van der Waals surface area (Å²) in [5.41, 5.74) is 8.81. The Bertz CT molecular complexity index is 440. The molecule has 0 spiro atoms. The fourth-order valence-corrected chi connectivity index (χ4v) is 1.60. The van der Waals surface area contributed by atoms with Crippen molar-refractivity contribution in [1.29, 1.82) is 0 Å². The molecule has 2 aromatic rings. The number of rotatable bonds is 5. The van der Waals surface area contributed by atoms with Gasteiger partial charge in [-0.2, -0.15) is 0 Å². The van der Waals surface area contributed by atoms with Crippen LogP contribution in [0.1, 0.15) is 5.56 Å². The molecule has 0 atom stereocenters. The van der Waals surface area contributed by atoms with E-state index in [0.717, 1.165) is 11.1 Å². The van der Waals surface area contributed by atoms with Crippen molar-refractivity contribution < 1.29 is 4.74 Å². The van der Waals surface area contributed by atoms with E-state index in [9.17, 15) is 0 Å². The lowest BCUT2D eigenvalue weighted by Crippen LogP contribution is -2.08. The second-order valence-corrected chi connectivity index (χ2v) is 3.78. The molecule has 0 aliphatic rings. The first-order valence-electron chi connectivity index (χ1n) is 5.67. The fourth-order valence-electron chi connectivity index (χ4n) is 1.60. The lowest BCUT2D eigenvalue weighted by molar-refractivity contribution is 0.128. The van der Waals surface area contributed by atoms with E-state index in [-0.39, 0.29) is 0 Å². The molecule has 0 saturated heterocycles. The molecule has 1 aromatic carbocycles. The third-order valence-corrected chi connectivity index (χ3v) is 2.48. The lowest BCUT2D eigenvalue weighted by Gasteiger charge is -2.05. The molecular weight excluding hydrogens is 212 g/mol. The highest BCUT2D eigenvalue weighted by molar-refractivity contribution is 5.62. The predicted molar refractivity (Wildman–Crippen MR) is 68.4 cm³/mol. The molecule has 17 heavy (non-hydrogen) atoms. The average molecular weight is 228 g/mol. The molecule has 0 fully saturated rings. The van der Waals surface area contributed by atoms with Gasteiger partial charge in [0.2, 0.25) is 0 Å². The number of benzene rings is 1. The van der Waals surface area contributed by atoms with E-state index in [1.807, 2.05) is 18.3 Å². The van der Waals surface area contributed by atoms with Crippen LogP contribution in [0.15, 0.2) is 48.8 Å². The van der Waals surface area contributed by atoms with Crippen molar-refractivity contribution >= 4 is 0 Å². The number of pyridine rings is 1. The van der Waals surface area contributed by atoms with Gasteiger partial charge in [-0.1, -0.05) is 30.3 Å². The van der Waals surface area contributed by atoms with Gasteiger partial charge in [0.15, 0.2) is 0 Å². The molecule has 1 heterocycles. The summed E-state index contributed by atoms with van der Waals surface area (Å²) in [6.07, 6.45) is 3.64. The zero-order valence-corrected chi connectivity index (χ0v) is 9.67. The van der Waals surface area contributed by atoms with E-state index in [0.29, 0.717) is 19.8 Å². The van der Waals surface area contributed by atoms with Gasteiger partial charge in [-0.25, -0.2) is 0 Å². The van der Waals surface area contributed by atoms with Gasteiger partial charge in [-0.3, -0.25) is 4.98 Å². The van der Waals surface area contributed by atoms with Gasteiger partial charge in [-0.05, 0) is 22.8 Å². The monoisotopic (exact) mass is 228 g/mol. The maximum absolute atomic E-state index is 5.38. The molecule has 0 bridgehead atoms. The summed E-state index contributed by atoms with van der Waals surface area (Å²) in [7, 11) is 0. The first-order valence-corrected chi connectivity index (χ1v) is 5.67. The van der Waals surface area contributed by atoms with Crippen LogP contribution in [0.4, 0.5) is 0 Å². The second kappa shape index (κ2) is 6.13. The Hall–Kier alpha value is -1.71. The topological polar surface area (TPSA) is 48.1 Å². The molecule has 0 unspecified atom stereocenters. The Kier molecular flexibility index (Phi) is 4.24. The smallest absolute Gasteiger partial charge is 0.0717 e.